The van der Waals surface area contributed by atoms with Crippen LogP contribution in [0.25, 0.3) is 0 Å². The average molecular weight is 365 g/mol. The monoisotopic (exact) mass is 364 g/mol. The van der Waals surface area contributed by atoms with Crippen LogP contribution < -0.4 is 15.4 Å². The van der Waals surface area contributed by atoms with Gasteiger partial charge in [-0.1, -0.05) is 0 Å². The van der Waals surface area contributed by atoms with Gasteiger partial charge in [-0.15, -0.1) is 0 Å². The molecule has 0 radical (unpaired) electrons. The van der Waals surface area contributed by atoms with Crippen LogP contribution in [0.2, 0.25) is 0 Å². The van der Waals surface area contributed by atoms with Crippen LogP contribution in [-0.2, 0) is 5.75 Å². The van der Waals surface area contributed by atoms with Crippen molar-refractivity contribution in [1.82, 2.24) is 5.32 Å². The highest BCUT2D eigenvalue weighted by molar-refractivity contribution is 7.98. The zero-order valence-electron chi connectivity index (χ0n) is 14.1. The van der Waals surface area contributed by atoms with E-state index in [9.17, 15) is 0 Å². The number of hydrogen-bond acceptors (Lipinski definition) is 4. The summed E-state index contributed by atoms with van der Waals surface area (Å²) < 4.78 is 10.9. The molecule has 2 N–H and O–H groups in total. The molecule has 0 unspecified atom stereocenters. The minimum atomic E-state index is 0.178. The minimum absolute atomic E-state index is 0.178. The predicted octanol–water partition coefficient (Wildman–Crippen LogP) is 4.68. The van der Waals surface area contributed by atoms with Gasteiger partial charge in [0, 0.05) is 12.2 Å². The molecule has 1 heterocycles. The van der Waals surface area contributed by atoms with Crippen molar-refractivity contribution in [3.05, 3.63) is 48.4 Å². The topological polar surface area (TPSA) is 46.4 Å². The Bertz CT molecular complexity index is 598. The highest BCUT2D eigenvalue weighted by atomic mass is 32.2. The number of thiocarbonyl (C=S) groups is 1. The summed E-state index contributed by atoms with van der Waals surface area (Å²) in [5.74, 6) is 3.87. The smallest absolute Gasteiger partial charge is 0.170 e. The lowest BCUT2D eigenvalue weighted by molar-refractivity contribution is 0.242. The predicted molar refractivity (Wildman–Crippen MR) is 106 cm³/mol. The fraction of sp³-hybridized carbons (Fsp3) is 0.389. The van der Waals surface area contributed by atoms with Gasteiger partial charge in [-0.05, 0) is 74.6 Å². The summed E-state index contributed by atoms with van der Waals surface area (Å²) in [6.45, 7) is 4.88. The fourth-order valence-electron chi connectivity index (χ4n) is 2.01. The Labute approximate surface area is 153 Å². The van der Waals surface area contributed by atoms with Crippen molar-refractivity contribution in [3.63, 3.8) is 0 Å². The SMILES string of the molecule is CC(C)Oc1ccc(NC(=S)NCCCSCc2ccco2)cc1. The van der Waals surface area contributed by atoms with Crippen LogP contribution in [0.15, 0.2) is 47.1 Å². The normalized spacial score (nSPS) is 10.6. The van der Waals surface area contributed by atoms with Gasteiger partial charge >= 0.3 is 0 Å². The molecule has 2 aromatic rings. The summed E-state index contributed by atoms with van der Waals surface area (Å²) in [4.78, 5) is 0. The average Bonchev–Trinajstić information content (AvgIpc) is 3.05. The first-order valence-electron chi connectivity index (χ1n) is 8.05. The van der Waals surface area contributed by atoms with Crippen LogP contribution in [0, 0.1) is 0 Å². The van der Waals surface area contributed by atoms with Gasteiger partial charge in [-0.3, -0.25) is 0 Å². The van der Waals surface area contributed by atoms with E-state index in [0.717, 1.165) is 41.7 Å². The van der Waals surface area contributed by atoms with E-state index in [1.807, 2.05) is 62.0 Å². The highest BCUT2D eigenvalue weighted by Gasteiger charge is 2.01. The molecule has 0 spiro atoms. The number of thioether (sulfide) groups is 1. The van der Waals surface area contributed by atoms with Crippen LogP contribution in [0.5, 0.6) is 5.75 Å². The Balaban J connectivity index is 1.57. The lowest BCUT2D eigenvalue weighted by Crippen LogP contribution is -2.29. The van der Waals surface area contributed by atoms with Crippen molar-refractivity contribution >= 4 is 34.8 Å². The molecule has 2 rings (SSSR count). The van der Waals surface area contributed by atoms with Crippen molar-refractivity contribution in [3.8, 4) is 5.75 Å². The fourth-order valence-corrected chi connectivity index (χ4v) is 3.09. The largest absolute Gasteiger partial charge is 0.491 e. The van der Waals surface area contributed by atoms with Gasteiger partial charge in [-0.25, -0.2) is 0 Å². The first-order valence-corrected chi connectivity index (χ1v) is 9.61. The van der Waals surface area contributed by atoms with Crippen molar-refractivity contribution in [2.45, 2.75) is 32.1 Å². The molecule has 4 nitrogen and oxygen atoms in total. The number of anilines is 1. The molecule has 0 aliphatic heterocycles. The summed E-state index contributed by atoms with van der Waals surface area (Å²) in [5, 5.41) is 7.04. The van der Waals surface area contributed by atoms with Crippen LogP contribution in [0.3, 0.4) is 0 Å². The van der Waals surface area contributed by atoms with Crippen LogP contribution in [-0.4, -0.2) is 23.5 Å². The third-order valence-electron chi connectivity index (χ3n) is 3.06. The number of benzene rings is 1. The van der Waals surface area contributed by atoms with Crippen molar-refractivity contribution in [2.75, 3.05) is 17.6 Å². The standard InChI is InChI=1S/C18H24N2O2S2/c1-14(2)22-16-8-6-15(7-9-16)20-18(23)19-10-4-12-24-13-17-5-3-11-21-17/h3,5-9,11,14H,4,10,12-13H2,1-2H3,(H2,19,20,23). The second-order valence-corrected chi connectivity index (χ2v) is 7.07. The maximum absolute atomic E-state index is 5.62. The quantitative estimate of drug-likeness (QED) is 0.498. The molecule has 0 saturated heterocycles. The third kappa shape index (κ3) is 7.27. The molecule has 0 fully saturated rings. The molecule has 130 valence electrons. The molecule has 0 saturated carbocycles. The molecule has 0 amide bonds. The van der Waals surface area contributed by atoms with E-state index in [2.05, 4.69) is 10.6 Å². The van der Waals surface area contributed by atoms with E-state index >= 15 is 0 Å². The van der Waals surface area contributed by atoms with E-state index < -0.39 is 0 Å². The van der Waals surface area contributed by atoms with Crippen molar-refractivity contribution < 1.29 is 9.15 Å². The van der Waals surface area contributed by atoms with E-state index in [1.54, 1.807) is 6.26 Å². The van der Waals surface area contributed by atoms with Crippen LogP contribution in [0.1, 0.15) is 26.0 Å². The van der Waals surface area contributed by atoms with E-state index in [-0.39, 0.29) is 6.10 Å². The highest BCUT2D eigenvalue weighted by Crippen LogP contribution is 2.17. The van der Waals surface area contributed by atoms with E-state index in [0.29, 0.717) is 5.11 Å². The molecule has 0 aliphatic carbocycles. The maximum Gasteiger partial charge on any atom is 0.170 e. The molecule has 0 atom stereocenters. The zero-order valence-corrected chi connectivity index (χ0v) is 15.7. The summed E-state index contributed by atoms with van der Waals surface area (Å²) in [5.41, 5.74) is 0.954. The zero-order chi connectivity index (χ0) is 17.2. The van der Waals surface area contributed by atoms with Gasteiger partial charge in [0.05, 0.1) is 18.1 Å². The second kappa shape index (κ2) is 10.3. The number of ether oxygens (including phenoxy) is 1. The number of rotatable bonds is 9. The van der Waals surface area contributed by atoms with Gasteiger partial charge in [0.1, 0.15) is 11.5 Å². The van der Waals surface area contributed by atoms with Gasteiger partial charge in [0.15, 0.2) is 5.11 Å². The molecule has 24 heavy (non-hydrogen) atoms. The molecule has 0 bridgehead atoms. The molecule has 1 aromatic carbocycles. The van der Waals surface area contributed by atoms with Gasteiger partial charge < -0.3 is 19.8 Å². The first-order chi connectivity index (χ1) is 11.6. The Morgan fingerprint density at radius 2 is 2.04 bits per heavy atom. The number of furan rings is 1. The van der Waals surface area contributed by atoms with E-state index in [1.165, 1.54) is 0 Å². The van der Waals surface area contributed by atoms with Gasteiger partial charge in [0.25, 0.3) is 0 Å². The lowest BCUT2D eigenvalue weighted by atomic mass is 10.3. The lowest BCUT2D eigenvalue weighted by Gasteiger charge is -2.12. The van der Waals surface area contributed by atoms with Crippen molar-refractivity contribution in [1.29, 1.82) is 0 Å². The molecule has 0 aliphatic rings. The Morgan fingerprint density at radius 3 is 2.71 bits per heavy atom. The molecule has 6 heteroatoms. The Hall–Kier alpha value is -1.66. The molecular weight excluding hydrogens is 340 g/mol. The van der Waals surface area contributed by atoms with Gasteiger partial charge in [0.2, 0.25) is 0 Å². The first kappa shape index (κ1) is 18.7. The molecule has 1 aromatic heterocycles. The van der Waals surface area contributed by atoms with Crippen LogP contribution >= 0.6 is 24.0 Å². The Morgan fingerprint density at radius 1 is 1.25 bits per heavy atom. The Kier molecular flexibility index (Phi) is 7.98. The van der Waals surface area contributed by atoms with Gasteiger partial charge in [-0.2, -0.15) is 11.8 Å². The third-order valence-corrected chi connectivity index (χ3v) is 4.37. The maximum atomic E-state index is 5.62. The second-order valence-electron chi connectivity index (χ2n) is 5.56. The molecular formula is C18H24N2O2S2. The van der Waals surface area contributed by atoms with Crippen molar-refractivity contribution in [2.24, 2.45) is 0 Å². The summed E-state index contributed by atoms with van der Waals surface area (Å²) in [7, 11) is 0. The summed E-state index contributed by atoms with van der Waals surface area (Å²) >= 11 is 7.17. The summed E-state index contributed by atoms with van der Waals surface area (Å²) in [6, 6.07) is 11.7. The van der Waals surface area contributed by atoms with E-state index in [4.69, 9.17) is 21.4 Å². The van der Waals surface area contributed by atoms with Crippen LogP contribution in [0.4, 0.5) is 5.69 Å². The summed E-state index contributed by atoms with van der Waals surface area (Å²) in [6.07, 6.45) is 2.94. The number of hydrogen-bond donors (Lipinski definition) is 2. The minimum Gasteiger partial charge on any atom is -0.491 e. The number of nitrogens with one attached hydrogen (secondary N) is 2.